The van der Waals surface area contributed by atoms with E-state index >= 15 is 0 Å². The Balaban J connectivity index is 2.17. The molecule has 1 heterocycles. The minimum absolute atomic E-state index is 0.0768. The van der Waals surface area contributed by atoms with Gasteiger partial charge in [-0.05, 0) is 12.5 Å². The summed E-state index contributed by atoms with van der Waals surface area (Å²) in [6.07, 6.45) is 0.487. The molecule has 1 aliphatic rings. The lowest BCUT2D eigenvalue weighted by Crippen LogP contribution is -2.51. The largest absolute Gasteiger partial charge is 0.496 e. The van der Waals surface area contributed by atoms with Crippen LogP contribution in [0.2, 0.25) is 0 Å². The van der Waals surface area contributed by atoms with Crippen LogP contribution in [-0.4, -0.2) is 41.8 Å². The van der Waals surface area contributed by atoms with Gasteiger partial charge in [-0.25, -0.2) is 0 Å². The van der Waals surface area contributed by atoms with E-state index in [1.807, 2.05) is 0 Å². The van der Waals surface area contributed by atoms with Crippen LogP contribution in [-0.2, 0) is 20.8 Å². The fourth-order valence-corrected chi connectivity index (χ4v) is 2.56. The maximum absolute atomic E-state index is 12.2. The summed E-state index contributed by atoms with van der Waals surface area (Å²) >= 11 is 0. The number of nitro groups is 1. The van der Waals surface area contributed by atoms with Gasteiger partial charge in [-0.1, -0.05) is 0 Å². The highest BCUT2D eigenvalue weighted by atomic mass is 16.6. The average molecular weight is 350 g/mol. The summed E-state index contributed by atoms with van der Waals surface area (Å²) in [5.74, 6) is -1.23. The van der Waals surface area contributed by atoms with Gasteiger partial charge in [0.05, 0.1) is 12.0 Å². The number of methoxy groups -OCH3 is 1. The third kappa shape index (κ3) is 4.43. The molecule has 1 aliphatic heterocycles. The summed E-state index contributed by atoms with van der Waals surface area (Å²) in [5, 5.41) is 15.9. The monoisotopic (exact) mass is 350 g/mol. The molecular weight excluding hydrogens is 332 g/mol. The van der Waals surface area contributed by atoms with E-state index in [0.29, 0.717) is 17.7 Å². The number of non-ortho nitro benzene ring substituents is 1. The van der Waals surface area contributed by atoms with Gasteiger partial charge >= 0.3 is 0 Å². The maximum atomic E-state index is 12.2. The van der Waals surface area contributed by atoms with Crippen LogP contribution in [0, 0.1) is 10.1 Å². The summed E-state index contributed by atoms with van der Waals surface area (Å²) in [5.41, 5.74) is 5.52. The molecule has 2 atom stereocenters. The van der Waals surface area contributed by atoms with E-state index in [-0.39, 0.29) is 24.4 Å². The van der Waals surface area contributed by atoms with Crippen molar-refractivity contribution in [1.29, 1.82) is 0 Å². The van der Waals surface area contributed by atoms with Crippen molar-refractivity contribution in [2.45, 2.75) is 31.3 Å². The van der Waals surface area contributed by atoms with E-state index in [2.05, 4.69) is 10.6 Å². The van der Waals surface area contributed by atoms with Crippen LogP contribution >= 0.6 is 0 Å². The smallest absolute Gasteiger partial charge is 0.269 e. The average Bonchev–Trinajstić information content (AvgIpc) is 3.00. The van der Waals surface area contributed by atoms with E-state index in [0.717, 1.165) is 0 Å². The highest BCUT2D eigenvalue weighted by Gasteiger charge is 2.30. The number of benzene rings is 1. The maximum Gasteiger partial charge on any atom is 0.269 e. The third-order valence-corrected chi connectivity index (χ3v) is 3.87. The molecule has 10 heteroatoms. The number of hydrogen-bond acceptors (Lipinski definition) is 6. The third-order valence-electron chi connectivity index (χ3n) is 3.87. The minimum Gasteiger partial charge on any atom is -0.496 e. The first-order valence-electron chi connectivity index (χ1n) is 7.52. The molecule has 0 bridgehead atoms. The van der Waals surface area contributed by atoms with Crippen molar-refractivity contribution in [2.24, 2.45) is 5.73 Å². The molecule has 10 nitrogen and oxygen atoms in total. The standard InChI is InChI=1S/C15H18N4O6/c1-25-12-4-2-9(19(23)24)6-8(12)7-11(14(16)21)18-15(22)10-3-5-13(20)17-10/h2,4,6,10-11H,3,5,7H2,1H3,(H2,16,21)(H,17,20)(H,18,22)/t10-,11+/m0/s1. The zero-order valence-electron chi connectivity index (χ0n) is 13.5. The Kier molecular flexibility index (Phi) is 5.52. The Bertz CT molecular complexity index is 720. The van der Waals surface area contributed by atoms with Gasteiger partial charge in [0.25, 0.3) is 5.69 Å². The summed E-state index contributed by atoms with van der Waals surface area (Å²) < 4.78 is 5.14. The van der Waals surface area contributed by atoms with Crippen molar-refractivity contribution in [2.75, 3.05) is 7.11 Å². The number of primary amides is 1. The Morgan fingerprint density at radius 2 is 2.24 bits per heavy atom. The second kappa shape index (κ2) is 7.60. The number of ether oxygens (including phenoxy) is 1. The summed E-state index contributed by atoms with van der Waals surface area (Å²) in [6, 6.07) is 2.12. The van der Waals surface area contributed by atoms with Crippen molar-refractivity contribution in [3.8, 4) is 5.75 Å². The van der Waals surface area contributed by atoms with Gasteiger partial charge < -0.3 is 21.1 Å². The van der Waals surface area contributed by atoms with Gasteiger partial charge in [0.15, 0.2) is 0 Å². The molecule has 25 heavy (non-hydrogen) atoms. The minimum atomic E-state index is -1.10. The van der Waals surface area contributed by atoms with E-state index in [9.17, 15) is 24.5 Å². The fraction of sp³-hybridized carbons (Fsp3) is 0.400. The first kappa shape index (κ1) is 18.2. The first-order chi connectivity index (χ1) is 11.8. The summed E-state index contributed by atoms with van der Waals surface area (Å²) in [6.45, 7) is 0. The molecule has 0 saturated carbocycles. The van der Waals surface area contributed by atoms with Crippen LogP contribution in [0.3, 0.4) is 0 Å². The molecule has 0 aromatic heterocycles. The molecule has 4 N–H and O–H groups in total. The molecule has 0 radical (unpaired) electrons. The number of carbonyl (C=O) groups is 3. The van der Waals surface area contributed by atoms with Crippen LogP contribution in [0.25, 0.3) is 0 Å². The van der Waals surface area contributed by atoms with Gasteiger partial charge in [0, 0.05) is 30.5 Å². The Morgan fingerprint density at radius 1 is 1.52 bits per heavy atom. The topological polar surface area (TPSA) is 154 Å². The lowest BCUT2D eigenvalue weighted by Gasteiger charge is -2.19. The molecule has 0 spiro atoms. The predicted molar refractivity (Wildman–Crippen MR) is 85.6 cm³/mol. The highest BCUT2D eigenvalue weighted by molar-refractivity contribution is 5.93. The van der Waals surface area contributed by atoms with E-state index in [1.54, 1.807) is 0 Å². The zero-order valence-corrected chi connectivity index (χ0v) is 13.5. The van der Waals surface area contributed by atoms with Crippen LogP contribution < -0.4 is 21.1 Å². The molecule has 1 saturated heterocycles. The Hall–Kier alpha value is -3.17. The lowest BCUT2D eigenvalue weighted by molar-refractivity contribution is -0.384. The van der Waals surface area contributed by atoms with Crippen LogP contribution in [0.5, 0.6) is 5.75 Å². The zero-order chi connectivity index (χ0) is 18.6. The van der Waals surface area contributed by atoms with Crippen molar-refractivity contribution in [3.63, 3.8) is 0 Å². The highest BCUT2D eigenvalue weighted by Crippen LogP contribution is 2.25. The molecule has 0 aliphatic carbocycles. The second-order valence-corrected chi connectivity index (χ2v) is 5.58. The van der Waals surface area contributed by atoms with Crippen molar-refractivity contribution >= 4 is 23.4 Å². The SMILES string of the molecule is COc1ccc([N+](=O)[O-])cc1C[C@@H](NC(=O)[C@@H]1CCC(=O)N1)C(N)=O. The van der Waals surface area contributed by atoms with Gasteiger partial charge in [0.1, 0.15) is 17.8 Å². The first-order valence-corrected chi connectivity index (χ1v) is 7.52. The van der Waals surface area contributed by atoms with E-state index in [1.165, 1.54) is 25.3 Å². The number of nitrogens with two attached hydrogens (primary N) is 1. The van der Waals surface area contributed by atoms with Crippen molar-refractivity contribution < 1.29 is 24.0 Å². The Labute approximate surface area is 142 Å². The normalized spacial score (nSPS) is 17.5. The van der Waals surface area contributed by atoms with Crippen molar-refractivity contribution in [3.05, 3.63) is 33.9 Å². The predicted octanol–water partition coefficient (Wildman–Crippen LogP) is -0.605. The number of rotatable bonds is 7. The molecule has 1 aromatic rings. The number of hydrogen-bond donors (Lipinski definition) is 3. The molecule has 0 unspecified atom stereocenters. The molecular formula is C15H18N4O6. The van der Waals surface area contributed by atoms with Gasteiger partial charge in [0.2, 0.25) is 17.7 Å². The van der Waals surface area contributed by atoms with Gasteiger partial charge in [-0.15, -0.1) is 0 Å². The molecule has 2 rings (SSSR count). The molecule has 1 fully saturated rings. The van der Waals surface area contributed by atoms with E-state index < -0.39 is 28.8 Å². The van der Waals surface area contributed by atoms with Crippen molar-refractivity contribution in [1.82, 2.24) is 10.6 Å². The van der Waals surface area contributed by atoms with E-state index in [4.69, 9.17) is 10.5 Å². The number of amides is 3. The summed E-state index contributed by atoms with van der Waals surface area (Å²) in [7, 11) is 1.39. The Morgan fingerprint density at radius 3 is 2.76 bits per heavy atom. The van der Waals surface area contributed by atoms with Crippen LogP contribution in [0.15, 0.2) is 18.2 Å². The second-order valence-electron chi connectivity index (χ2n) is 5.58. The van der Waals surface area contributed by atoms with Gasteiger partial charge in [-0.3, -0.25) is 24.5 Å². The number of nitrogens with zero attached hydrogens (tertiary/aromatic N) is 1. The quantitative estimate of drug-likeness (QED) is 0.440. The lowest BCUT2D eigenvalue weighted by atomic mass is 10.0. The van der Waals surface area contributed by atoms with Crippen LogP contribution in [0.4, 0.5) is 5.69 Å². The molecule has 134 valence electrons. The number of nitrogens with one attached hydrogen (secondary N) is 2. The molecule has 1 aromatic carbocycles. The summed E-state index contributed by atoms with van der Waals surface area (Å²) in [4.78, 5) is 45.4. The fourth-order valence-electron chi connectivity index (χ4n) is 2.56. The number of nitro benzene ring substituents is 1. The van der Waals surface area contributed by atoms with Gasteiger partial charge in [-0.2, -0.15) is 0 Å². The molecule has 3 amide bonds. The number of carbonyl (C=O) groups excluding carboxylic acids is 3. The van der Waals surface area contributed by atoms with Crippen LogP contribution in [0.1, 0.15) is 18.4 Å².